The summed E-state index contributed by atoms with van der Waals surface area (Å²) in [6.45, 7) is 0. The summed E-state index contributed by atoms with van der Waals surface area (Å²) in [7, 11) is 0. The molecule has 0 saturated carbocycles. The number of hydrogen-bond donors (Lipinski definition) is 0. The first-order chi connectivity index (χ1) is 40.6. The maximum Gasteiger partial charge on any atom is 0.143 e. The van der Waals surface area contributed by atoms with Gasteiger partial charge in [-0.05, 0) is 156 Å². The Labute approximate surface area is 477 Å². The van der Waals surface area contributed by atoms with Crippen molar-refractivity contribution < 1.29 is 4.42 Å². The van der Waals surface area contributed by atoms with E-state index in [0.717, 1.165) is 89.1 Å². The Morgan fingerprint density at radius 2 is 0.744 bits per heavy atom. The van der Waals surface area contributed by atoms with Crippen molar-refractivity contribution in [2.75, 3.05) is 4.90 Å². The molecule has 0 N–H and O–H groups in total. The van der Waals surface area contributed by atoms with Crippen molar-refractivity contribution in [3.63, 3.8) is 0 Å². The summed E-state index contributed by atoms with van der Waals surface area (Å²) in [5.41, 5.74) is 17.9. The van der Waals surface area contributed by atoms with Gasteiger partial charge < -0.3 is 13.9 Å². The third kappa shape index (κ3) is 7.35. The molecule has 382 valence electrons. The minimum atomic E-state index is 0.907. The smallest absolute Gasteiger partial charge is 0.143 e. The topological polar surface area (TPSA) is 21.3 Å². The summed E-state index contributed by atoms with van der Waals surface area (Å²) < 4.78 is 11.6. The van der Waals surface area contributed by atoms with E-state index in [1.165, 1.54) is 74.4 Å². The van der Waals surface area contributed by atoms with Crippen molar-refractivity contribution in [1.29, 1.82) is 0 Å². The van der Waals surface area contributed by atoms with Crippen LogP contribution in [-0.4, -0.2) is 4.57 Å². The monoisotopic (exact) mass is 1060 g/mol. The normalized spacial score (nSPS) is 11.9. The van der Waals surface area contributed by atoms with Crippen LogP contribution in [0.1, 0.15) is 0 Å². The molecule has 4 heteroatoms. The van der Waals surface area contributed by atoms with Crippen molar-refractivity contribution in [3.05, 3.63) is 291 Å². The molecule has 0 amide bonds. The van der Waals surface area contributed by atoms with Crippen LogP contribution in [0.2, 0.25) is 0 Å². The summed E-state index contributed by atoms with van der Waals surface area (Å²) in [5.74, 6) is 0. The standard InChI is InChI=1S/C78H48N2OS/c1-2-14-55(15-3-1)79(57-40-34-52(35-41-57)60-23-13-25-69-67-21-9-11-27-76(67)82-78(60)69)56-38-32-50(33-39-56)54-37-45-74-72(47-54)71-46-53(49-28-30-51(31-29-49)59-22-12-24-68-66-20-8-10-26-75(66)81-77(59)68)36-44-73(71)80(74)58-42-43-65-63-18-5-4-16-61(63)62-17-6-7-19-64(62)70(65)48-58/h1-48H. The number of aromatic nitrogens is 1. The second kappa shape index (κ2) is 18.5. The van der Waals surface area contributed by atoms with Crippen LogP contribution >= 0.6 is 11.3 Å². The molecule has 3 nitrogen and oxygen atoms in total. The van der Waals surface area contributed by atoms with Crippen molar-refractivity contribution in [2.45, 2.75) is 0 Å². The van der Waals surface area contributed by atoms with E-state index >= 15 is 0 Å². The molecule has 0 atom stereocenters. The van der Waals surface area contributed by atoms with Crippen LogP contribution in [0.15, 0.2) is 296 Å². The van der Waals surface area contributed by atoms with Gasteiger partial charge >= 0.3 is 0 Å². The van der Waals surface area contributed by atoms with Crippen molar-refractivity contribution >= 4 is 125 Å². The molecule has 0 radical (unpaired) electrons. The van der Waals surface area contributed by atoms with E-state index in [4.69, 9.17) is 4.42 Å². The fourth-order valence-electron chi connectivity index (χ4n) is 13.1. The minimum Gasteiger partial charge on any atom is -0.455 e. The lowest BCUT2D eigenvalue weighted by Gasteiger charge is -2.26. The fourth-order valence-corrected chi connectivity index (χ4v) is 14.3. The van der Waals surface area contributed by atoms with Gasteiger partial charge in [0.2, 0.25) is 0 Å². The predicted octanol–water partition coefficient (Wildman–Crippen LogP) is 22.6. The highest BCUT2D eigenvalue weighted by Gasteiger charge is 2.20. The van der Waals surface area contributed by atoms with Gasteiger partial charge in [0.05, 0.1) is 11.0 Å². The highest BCUT2D eigenvalue weighted by Crippen LogP contribution is 2.45. The first-order valence-electron chi connectivity index (χ1n) is 28.0. The second-order valence-electron chi connectivity index (χ2n) is 21.5. The lowest BCUT2D eigenvalue weighted by Crippen LogP contribution is -2.09. The number of hydrogen-bond acceptors (Lipinski definition) is 3. The lowest BCUT2D eigenvalue weighted by atomic mass is 9.94. The van der Waals surface area contributed by atoms with Gasteiger partial charge in [-0.2, -0.15) is 0 Å². The van der Waals surface area contributed by atoms with Gasteiger partial charge in [0.25, 0.3) is 0 Å². The molecule has 14 aromatic carbocycles. The zero-order chi connectivity index (χ0) is 53.8. The maximum atomic E-state index is 6.47. The molecule has 0 unspecified atom stereocenters. The minimum absolute atomic E-state index is 0.907. The number of benzene rings is 14. The average molecular weight is 1060 g/mol. The quantitative estimate of drug-likeness (QED) is 0.141. The second-order valence-corrected chi connectivity index (χ2v) is 22.6. The van der Waals surface area contributed by atoms with Crippen LogP contribution in [0.5, 0.6) is 0 Å². The van der Waals surface area contributed by atoms with E-state index < -0.39 is 0 Å². The number of fused-ring (bicyclic) bond motifs is 15. The van der Waals surface area contributed by atoms with E-state index in [1.807, 2.05) is 23.5 Å². The summed E-state index contributed by atoms with van der Waals surface area (Å²) in [4.78, 5) is 2.35. The largest absolute Gasteiger partial charge is 0.455 e. The van der Waals surface area contributed by atoms with Gasteiger partial charge in [-0.3, -0.25) is 0 Å². The van der Waals surface area contributed by atoms with Crippen molar-refractivity contribution in [1.82, 2.24) is 4.57 Å². The molecule has 0 aliphatic rings. The van der Waals surface area contributed by atoms with Gasteiger partial charge in [-0.15, -0.1) is 11.3 Å². The van der Waals surface area contributed by atoms with Crippen molar-refractivity contribution in [2.24, 2.45) is 0 Å². The predicted molar refractivity (Wildman–Crippen MR) is 350 cm³/mol. The molecular formula is C78H48N2OS. The fraction of sp³-hybridized carbons (Fsp3) is 0. The first-order valence-corrected chi connectivity index (χ1v) is 28.9. The number of thiophene rings is 1. The van der Waals surface area contributed by atoms with E-state index in [-0.39, 0.29) is 0 Å². The van der Waals surface area contributed by atoms with Gasteiger partial charge in [0, 0.05) is 70.0 Å². The zero-order valence-electron chi connectivity index (χ0n) is 44.4. The molecule has 17 rings (SSSR count). The van der Waals surface area contributed by atoms with E-state index in [1.54, 1.807) is 0 Å². The third-order valence-corrected chi connectivity index (χ3v) is 18.2. The van der Waals surface area contributed by atoms with Crippen molar-refractivity contribution in [3.8, 4) is 50.2 Å². The number of rotatable bonds is 8. The molecular weight excluding hydrogens is 1010 g/mol. The molecule has 0 spiro atoms. The Bertz CT molecular complexity index is 5340. The highest BCUT2D eigenvalue weighted by molar-refractivity contribution is 7.26. The molecule has 0 aliphatic heterocycles. The van der Waals surface area contributed by atoms with Crippen LogP contribution in [0.4, 0.5) is 17.1 Å². The lowest BCUT2D eigenvalue weighted by molar-refractivity contribution is 0.670. The Morgan fingerprint density at radius 1 is 0.280 bits per heavy atom. The average Bonchev–Trinajstić information content (AvgIpc) is 3.17. The molecule has 17 aromatic rings. The summed E-state index contributed by atoms with van der Waals surface area (Å²) in [6.07, 6.45) is 0. The number of nitrogens with zero attached hydrogens (tertiary/aromatic N) is 2. The van der Waals surface area contributed by atoms with Crippen LogP contribution in [0.25, 0.3) is 146 Å². The van der Waals surface area contributed by atoms with Crippen LogP contribution in [-0.2, 0) is 0 Å². The van der Waals surface area contributed by atoms with Gasteiger partial charge in [-0.1, -0.05) is 206 Å². The molecule has 82 heavy (non-hydrogen) atoms. The number of para-hydroxylation sites is 3. The maximum absolute atomic E-state index is 6.47. The Kier molecular flexibility index (Phi) is 10.5. The Morgan fingerprint density at radius 3 is 1.40 bits per heavy atom. The van der Waals surface area contributed by atoms with Gasteiger partial charge in [0.15, 0.2) is 0 Å². The molecule has 3 heterocycles. The van der Waals surface area contributed by atoms with E-state index in [0.29, 0.717) is 0 Å². The number of anilines is 3. The summed E-state index contributed by atoms with van der Waals surface area (Å²) in [6, 6.07) is 107. The molecule has 3 aromatic heterocycles. The Balaban J connectivity index is 0.775. The molecule has 0 fully saturated rings. The molecule has 0 aliphatic carbocycles. The molecule has 0 bridgehead atoms. The number of furan rings is 1. The first kappa shape index (κ1) is 46.4. The zero-order valence-corrected chi connectivity index (χ0v) is 45.2. The third-order valence-electron chi connectivity index (χ3n) is 17.0. The summed E-state index contributed by atoms with van der Waals surface area (Å²) in [5, 5.41) is 14.9. The van der Waals surface area contributed by atoms with Crippen LogP contribution < -0.4 is 4.90 Å². The van der Waals surface area contributed by atoms with Crippen LogP contribution in [0.3, 0.4) is 0 Å². The van der Waals surface area contributed by atoms with E-state index in [2.05, 4.69) is 289 Å². The van der Waals surface area contributed by atoms with E-state index in [9.17, 15) is 0 Å². The SMILES string of the molecule is c1ccc(N(c2ccc(-c3ccc4c(c3)c3cc(-c5ccc(-c6cccc7c6oc6ccccc67)cc5)ccc3n4-c3ccc4c5ccccc5c5ccccc5c4c3)cc2)c2ccc(-c3cccc4c3sc3ccccc34)cc2)cc1. The molecule has 0 saturated heterocycles. The Hall–Kier alpha value is -10.5. The van der Waals surface area contributed by atoms with Gasteiger partial charge in [-0.25, -0.2) is 0 Å². The van der Waals surface area contributed by atoms with Crippen LogP contribution in [0, 0.1) is 0 Å². The highest BCUT2D eigenvalue weighted by atomic mass is 32.1. The van der Waals surface area contributed by atoms with Gasteiger partial charge in [0.1, 0.15) is 11.2 Å². The summed E-state index contributed by atoms with van der Waals surface area (Å²) >= 11 is 1.87.